The molecule has 0 spiro atoms. The maximum atomic E-state index is 11.9. The van der Waals surface area contributed by atoms with Crippen LogP contribution in [0.15, 0.2) is 17.3 Å². The third-order valence-corrected chi connectivity index (χ3v) is 3.45. The topological polar surface area (TPSA) is 103 Å². The number of carbonyl (C=O) groups excluding carboxylic acids is 1. The van der Waals surface area contributed by atoms with Gasteiger partial charge in [0.15, 0.2) is 5.96 Å². The second kappa shape index (κ2) is 11.4. The number of aliphatic imine (C=N–C) groups is 1. The summed E-state index contributed by atoms with van der Waals surface area (Å²) in [6.07, 6.45) is 4.39. The maximum absolute atomic E-state index is 11.9. The number of nitrogens with one attached hydrogen (secondary N) is 4. The van der Waals surface area contributed by atoms with Gasteiger partial charge in [-0.05, 0) is 40.2 Å². The highest BCUT2D eigenvalue weighted by Crippen LogP contribution is 2.07. The first-order chi connectivity index (χ1) is 12.3. The van der Waals surface area contributed by atoms with Crippen molar-refractivity contribution in [3.05, 3.63) is 18.0 Å². The van der Waals surface area contributed by atoms with Crippen LogP contribution in [0.2, 0.25) is 0 Å². The van der Waals surface area contributed by atoms with Crippen molar-refractivity contribution in [3.8, 4) is 0 Å². The Hall–Kier alpha value is -2.25. The van der Waals surface area contributed by atoms with Gasteiger partial charge in [0.1, 0.15) is 5.60 Å². The van der Waals surface area contributed by atoms with Gasteiger partial charge in [-0.15, -0.1) is 0 Å². The number of amides is 1. The number of hydrogen-bond acceptors (Lipinski definition) is 4. The summed E-state index contributed by atoms with van der Waals surface area (Å²) in [5.74, 6) is 0.717. The Bertz CT molecular complexity index is 536. The molecule has 0 saturated carbocycles. The molecule has 0 aliphatic heterocycles. The minimum atomic E-state index is -0.503. The van der Waals surface area contributed by atoms with E-state index in [1.165, 1.54) is 0 Å². The van der Waals surface area contributed by atoms with Crippen LogP contribution < -0.4 is 16.0 Å². The molecule has 1 rings (SSSR count). The smallest absolute Gasteiger partial charge is 0.407 e. The van der Waals surface area contributed by atoms with E-state index in [4.69, 9.17) is 4.74 Å². The fraction of sp³-hybridized carbons (Fsp3) is 0.722. The molecule has 0 fully saturated rings. The fourth-order valence-electron chi connectivity index (χ4n) is 2.25. The molecule has 1 unspecified atom stereocenters. The zero-order valence-electron chi connectivity index (χ0n) is 16.7. The van der Waals surface area contributed by atoms with E-state index in [1.807, 2.05) is 33.8 Å². The second-order valence-electron chi connectivity index (χ2n) is 7.14. The average molecular weight is 367 g/mol. The maximum Gasteiger partial charge on any atom is 0.407 e. The number of unbranched alkanes of at least 4 members (excludes halogenated alkanes) is 1. The molecule has 0 radical (unpaired) electrons. The summed E-state index contributed by atoms with van der Waals surface area (Å²) in [4.78, 5) is 16.5. The molecule has 1 amide bonds. The summed E-state index contributed by atoms with van der Waals surface area (Å²) in [6.45, 7) is 11.5. The number of H-pyrrole nitrogens is 1. The lowest BCUT2D eigenvalue weighted by molar-refractivity contribution is 0.0523. The average Bonchev–Trinajstić information content (AvgIpc) is 3.07. The lowest BCUT2D eigenvalue weighted by atomic mass is 10.1. The molecule has 4 N–H and O–H groups in total. The van der Waals surface area contributed by atoms with Crippen LogP contribution in [0, 0.1) is 0 Å². The largest absolute Gasteiger partial charge is 0.444 e. The number of hydrogen-bond donors (Lipinski definition) is 4. The van der Waals surface area contributed by atoms with E-state index in [0.29, 0.717) is 19.0 Å². The molecule has 8 heteroatoms. The molecule has 0 saturated heterocycles. The number of alkyl carbamates (subject to hydrolysis) is 1. The number of ether oxygens (including phenoxy) is 1. The zero-order valence-corrected chi connectivity index (χ0v) is 16.7. The Morgan fingerprint density at radius 2 is 2.12 bits per heavy atom. The van der Waals surface area contributed by atoms with Crippen molar-refractivity contribution >= 4 is 12.1 Å². The zero-order chi connectivity index (χ0) is 19.4. The molecule has 148 valence electrons. The van der Waals surface area contributed by atoms with Crippen LogP contribution in [0.25, 0.3) is 0 Å². The molecule has 0 bridgehead atoms. The Balaban J connectivity index is 2.63. The minimum Gasteiger partial charge on any atom is -0.444 e. The van der Waals surface area contributed by atoms with Crippen molar-refractivity contribution < 1.29 is 9.53 Å². The normalized spacial score (nSPS) is 13.2. The summed E-state index contributed by atoms with van der Waals surface area (Å²) in [5.41, 5.74) is 0.441. The molecule has 8 nitrogen and oxygen atoms in total. The quantitative estimate of drug-likeness (QED) is 0.397. The predicted octanol–water partition coefficient (Wildman–Crippen LogP) is 2.55. The molecule has 0 aliphatic carbocycles. The highest BCUT2D eigenvalue weighted by atomic mass is 16.6. The van der Waals surface area contributed by atoms with Gasteiger partial charge >= 0.3 is 6.09 Å². The molecule has 1 heterocycles. The van der Waals surface area contributed by atoms with E-state index >= 15 is 0 Å². The number of aromatic nitrogens is 2. The monoisotopic (exact) mass is 366 g/mol. The van der Waals surface area contributed by atoms with Crippen LogP contribution in [0.4, 0.5) is 4.79 Å². The van der Waals surface area contributed by atoms with Crippen molar-refractivity contribution in [3.63, 3.8) is 0 Å². The lowest BCUT2D eigenvalue weighted by Crippen LogP contribution is -2.49. The summed E-state index contributed by atoms with van der Waals surface area (Å²) >= 11 is 0. The first-order valence-corrected chi connectivity index (χ1v) is 9.34. The first kappa shape index (κ1) is 21.8. The number of aromatic amines is 1. The third kappa shape index (κ3) is 9.90. The highest BCUT2D eigenvalue weighted by molar-refractivity contribution is 5.80. The van der Waals surface area contributed by atoms with Gasteiger partial charge in [0.05, 0.1) is 12.2 Å². The van der Waals surface area contributed by atoms with Crippen molar-refractivity contribution in [2.75, 3.05) is 13.1 Å². The molecule has 0 aromatic carbocycles. The van der Waals surface area contributed by atoms with Gasteiger partial charge in [0, 0.05) is 25.3 Å². The summed E-state index contributed by atoms with van der Waals surface area (Å²) in [6, 6.07) is 1.97. The second-order valence-corrected chi connectivity index (χ2v) is 7.14. The number of guanidine groups is 1. The summed E-state index contributed by atoms with van der Waals surface area (Å²) < 4.78 is 5.31. The molecule has 1 aromatic rings. The SMILES string of the molecule is CCCCC(CNC(=O)OC(C)(C)C)NC(=NCc1ccn[nH]1)NCC. The fourth-order valence-corrected chi connectivity index (χ4v) is 2.25. The van der Waals surface area contributed by atoms with E-state index in [2.05, 4.69) is 38.1 Å². The van der Waals surface area contributed by atoms with Crippen molar-refractivity contribution in [1.29, 1.82) is 0 Å². The third-order valence-electron chi connectivity index (χ3n) is 3.45. The van der Waals surface area contributed by atoms with Crippen LogP contribution in [0.3, 0.4) is 0 Å². The van der Waals surface area contributed by atoms with Gasteiger partial charge in [0.25, 0.3) is 0 Å². The van der Waals surface area contributed by atoms with Crippen LogP contribution in [0.5, 0.6) is 0 Å². The van der Waals surface area contributed by atoms with E-state index in [1.54, 1.807) is 6.20 Å². The van der Waals surface area contributed by atoms with E-state index in [0.717, 1.165) is 31.5 Å². The molecule has 1 aromatic heterocycles. The first-order valence-electron chi connectivity index (χ1n) is 9.34. The highest BCUT2D eigenvalue weighted by Gasteiger charge is 2.18. The minimum absolute atomic E-state index is 0.0713. The molecular weight excluding hydrogens is 332 g/mol. The molecular formula is C18H34N6O2. The van der Waals surface area contributed by atoms with Gasteiger partial charge in [-0.3, -0.25) is 5.10 Å². The van der Waals surface area contributed by atoms with E-state index in [-0.39, 0.29) is 6.04 Å². The molecule has 26 heavy (non-hydrogen) atoms. The number of nitrogens with zero attached hydrogens (tertiary/aromatic N) is 2. The van der Waals surface area contributed by atoms with Crippen molar-refractivity contribution in [2.24, 2.45) is 4.99 Å². The van der Waals surface area contributed by atoms with Gasteiger partial charge in [0.2, 0.25) is 0 Å². The van der Waals surface area contributed by atoms with Gasteiger partial charge in [-0.25, -0.2) is 9.79 Å². The number of carbonyl (C=O) groups is 1. The van der Waals surface area contributed by atoms with Crippen LogP contribution in [-0.4, -0.2) is 47.0 Å². The Morgan fingerprint density at radius 3 is 2.69 bits per heavy atom. The lowest BCUT2D eigenvalue weighted by Gasteiger charge is -2.24. The molecule has 1 atom stereocenters. The van der Waals surface area contributed by atoms with Crippen molar-refractivity contribution in [1.82, 2.24) is 26.1 Å². The number of rotatable bonds is 9. The Kier molecular flexibility index (Phi) is 9.54. The Labute approximate surface area is 156 Å². The summed E-state index contributed by atoms with van der Waals surface area (Å²) in [7, 11) is 0. The van der Waals surface area contributed by atoms with Crippen molar-refractivity contribution in [2.45, 2.75) is 72.1 Å². The van der Waals surface area contributed by atoms with Crippen LogP contribution >= 0.6 is 0 Å². The van der Waals surface area contributed by atoms with Gasteiger partial charge < -0.3 is 20.7 Å². The van der Waals surface area contributed by atoms with Crippen LogP contribution in [0.1, 0.15) is 59.6 Å². The van der Waals surface area contributed by atoms with Gasteiger partial charge in [-0.2, -0.15) is 5.10 Å². The van der Waals surface area contributed by atoms with E-state index in [9.17, 15) is 4.79 Å². The van der Waals surface area contributed by atoms with Crippen LogP contribution in [-0.2, 0) is 11.3 Å². The Morgan fingerprint density at radius 1 is 1.35 bits per heavy atom. The summed E-state index contributed by atoms with van der Waals surface area (Å²) in [5, 5.41) is 16.3. The molecule has 0 aliphatic rings. The predicted molar refractivity (Wildman–Crippen MR) is 104 cm³/mol. The van der Waals surface area contributed by atoms with E-state index < -0.39 is 11.7 Å². The van der Waals surface area contributed by atoms with Gasteiger partial charge in [-0.1, -0.05) is 19.8 Å². The standard InChI is InChI=1S/C18H34N6O2/c1-6-8-9-14(12-21-17(25)26-18(3,4)5)23-16(19-7-2)20-13-15-10-11-22-24-15/h10-11,14H,6-9,12-13H2,1-5H3,(H,21,25)(H,22,24)(H2,19,20,23).